The number of benzene rings is 2. The molecule has 4 aliphatic carbocycles. The summed E-state index contributed by atoms with van der Waals surface area (Å²) < 4.78 is 9.84. The number of methoxy groups -OCH3 is 2. The Hall–Kier alpha value is -5.70. The highest BCUT2D eigenvalue weighted by Gasteiger charge is 2.52. The molecule has 5 fully saturated rings. The van der Waals surface area contributed by atoms with Gasteiger partial charge in [-0.2, -0.15) is 0 Å². The molecule has 11 rings (SSSR count). The van der Waals surface area contributed by atoms with E-state index in [1.807, 2.05) is 49.9 Å². The van der Waals surface area contributed by atoms with Crippen molar-refractivity contribution >= 4 is 24.0 Å². The van der Waals surface area contributed by atoms with Crippen molar-refractivity contribution in [3.8, 4) is 33.6 Å². The molecule has 15 heteroatoms. The molecule has 390 valence electrons. The number of carbonyl (C=O) groups is 4. The molecular weight excluding hydrogens is 919 g/mol. The molecule has 4 amide bonds. The predicted molar refractivity (Wildman–Crippen MR) is 279 cm³/mol. The highest BCUT2D eigenvalue weighted by molar-refractivity contribution is 5.88. The standard InChI is InChI=1S/C58H77N9O6/c1-33(2)48(63-55(70)72-6)53(68)66-23-11-8-12-47(66)51-59-31-45(61-51)39-17-15-37(41-27-57(29-43(39)41)19-9-10-20-57)38-16-18-40(44-30-58(28-42(38)44)21-24-65(5)25-22-58)46-32-60-52(62-46)50-35-13-14-36(26-35)67(50)54(69)49(34(3)4)64-56(71)73-7/h15-18,31-36,47-50H,8-14,19-30H2,1-7H3,(H,59,61)(H,60,62)(H,63,70)(H,64,71). The number of nitrogens with zero attached hydrogens (tertiary/aromatic N) is 5. The maximum Gasteiger partial charge on any atom is 0.407 e. The SMILES string of the molecule is COC(=O)NC(C(=O)N1CCCCC1c1ncc(-c2ccc(-c3ccc(-c4cnc(C5C6CCC(C6)N5C(=O)C(NC(=O)OC)C(C)C)[nH]4)c4c3CC3(CCN(C)CC3)C4)c3c2CC2(CCCC2)C3)[nH]1)C(C)C. The Morgan fingerprint density at radius 1 is 0.630 bits per heavy atom. The van der Waals surface area contributed by atoms with Crippen molar-refractivity contribution in [1.82, 2.24) is 45.3 Å². The number of hydrogen-bond acceptors (Lipinski definition) is 9. The maximum atomic E-state index is 14.4. The fraction of sp³-hybridized carbons (Fsp3) is 0.621. The third-order valence-corrected chi connectivity index (χ3v) is 18.8. The number of alkyl carbamates (subject to hydrolysis) is 2. The highest BCUT2D eigenvalue weighted by atomic mass is 16.5. The van der Waals surface area contributed by atoms with E-state index < -0.39 is 24.3 Å². The van der Waals surface area contributed by atoms with Crippen LogP contribution in [0.5, 0.6) is 0 Å². The smallest absolute Gasteiger partial charge is 0.407 e. The number of nitrogens with one attached hydrogen (secondary N) is 4. The number of imidazole rings is 2. The maximum absolute atomic E-state index is 14.4. The minimum Gasteiger partial charge on any atom is -0.453 e. The van der Waals surface area contributed by atoms with Gasteiger partial charge >= 0.3 is 12.2 Å². The van der Waals surface area contributed by atoms with Crippen LogP contribution < -0.4 is 10.6 Å². The van der Waals surface area contributed by atoms with E-state index in [0.29, 0.717) is 12.5 Å². The third kappa shape index (κ3) is 8.92. The molecule has 2 aromatic carbocycles. The van der Waals surface area contributed by atoms with Crippen molar-refractivity contribution in [1.29, 1.82) is 0 Å². The lowest BCUT2D eigenvalue weighted by molar-refractivity contribution is -0.139. The van der Waals surface area contributed by atoms with Gasteiger partial charge in [0, 0.05) is 23.7 Å². The molecule has 3 saturated heterocycles. The molecule has 2 bridgehead atoms. The summed E-state index contributed by atoms with van der Waals surface area (Å²) in [5, 5.41) is 5.64. The Kier molecular flexibility index (Phi) is 13.2. The topological polar surface area (TPSA) is 178 Å². The molecule has 0 radical (unpaired) electrons. The molecule has 2 saturated carbocycles. The van der Waals surface area contributed by atoms with Crippen LogP contribution >= 0.6 is 0 Å². The zero-order valence-corrected chi connectivity index (χ0v) is 44.2. The molecule has 6 unspecified atom stereocenters. The number of ether oxygens (including phenoxy) is 2. The lowest BCUT2D eigenvalue weighted by Crippen LogP contribution is -2.54. The quantitative estimate of drug-likeness (QED) is 0.114. The van der Waals surface area contributed by atoms with Gasteiger partial charge in [-0.3, -0.25) is 9.59 Å². The summed E-state index contributed by atoms with van der Waals surface area (Å²) in [6.07, 6.45) is 20.0. The first kappa shape index (κ1) is 49.5. The van der Waals surface area contributed by atoms with Crippen LogP contribution in [0, 0.1) is 28.6 Å². The van der Waals surface area contributed by atoms with E-state index in [9.17, 15) is 19.2 Å². The molecule has 4 N–H and O–H groups in total. The Balaban J connectivity index is 0.947. The van der Waals surface area contributed by atoms with Gasteiger partial charge in [-0.1, -0.05) is 64.8 Å². The lowest BCUT2D eigenvalue weighted by Gasteiger charge is -2.38. The first-order chi connectivity index (χ1) is 35.2. The van der Waals surface area contributed by atoms with E-state index in [0.717, 1.165) is 113 Å². The molecular formula is C58H77N9O6. The molecule has 15 nitrogen and oxygen atoms in total. The summed E-state index contributed by atoms with van der Waals surface area (Å²) in [4.78, 5) is 77.5. The van der Waals surface area contributed by atoms with Crippen LogP contribution in [0.15, 0.2) is 36.7 Å². The number of rotatable bonds is 11. The molecule has 4 aromatic rings. The number of aromatic nitrogens is 4. The van der Waals surface area contributed by atoms with Gasteiger partial charge in [0.15, 0.2) is 0 Å². The molecule has 6 atom stereocenters. The van der Waals surface area contributed by atoms with Crippen molar-refractivity contribution in [3.63, 3.8) is 0 Å². The van der Waals surface area contributed by atoms with Crippen molar-refractivity contribution in [2.45, 2.75) is 161 Å². The Bertz CT molecular complexity index is 2760. The van der Waals surface area contributed by atoms with Crippen molar-refractivity contribution < 1.29 is 28.7 Å². The van der Waals surface area contributed by atoms with E-state index in [-0.39, 0.29) is 52.6 Å². The average Bonchev–Trinajstić information content (AvgIpc) is 4.27. The number of amides is 4. The van der Waals surface area contributed by atoms with Gasteiger partial charge in [0.1, 0.15) is 23.7 Å². The van der Waals surface area contributed by atoms with Crippen molar-refractivity contribution in [2.75, 3.05) is 40.9 Å². The summed E-state index contributed by atoms with van der Waals surface area (Å²) in [7, 11) is 4.91. The fourth-order valence-corrected chi connectivity index (χ4v) is 14.9. The monoisotopic (exact) mass is 996 g/mol. The van der Waals surface area contributed by atoms with E-state index in [1.54, 1.807) is 0 Å². The Morgan fingerprint density at radius 3 is 1.70 bits per heavy atom. The number of fused-ring (bicyclic) bond motifs is 4. The van der Waals surface area contributed by atoms with E-state index in [4.69, 9.17) is 19.4 Å². The normalized spacial score (nSPS) is 24.6. The third-order valence-electron chi connectivity index (χ3n) is 18.8. The van der Waals surface area contributed by atoms with Crippen molar-refractivity contribution in [3.05, 3.63) is 70.6 Å². The largest absolute Gasteiger partial charge is 0.453 e. The molecule has 7 aliphatic rings. The molecule has 73 heavy (non-hydrogen) atoms. The molecule has 2 aromatic heterocycles. The number of piperidine rings is 3. The van der Waals surface area contributed by atoms with Crippen LogP contribution in [0.3, 0.4) is 0 Å². The number of likely N-dealkylation sites (tertiary alicyclic amines) is 3. The van der Waals surface area contributed by atoms with Gasteiger partial charge in [-0.25, -0.2) is 19.6 Å². The number of H-pyrrole nitrogens is 2. The summed E-state index contributed by atoms with van der Waals surface area (Å²) in [6, 6.07) is 7.83. The Morgan fingerprint density at radius 2 is 1.14 bits per heavy atom. The van der Waals surface area contributed by atoms with Gasteiger partial charge in [0.2, 0.25) is 11.8 Å². The zero-order chi connectivity index (χ0) is 50.9. The van der Waals surface area contributed by atoms with Crippen LogP contribution in [-0.4, -0.2) is 118 Å². The first-order valence-electron chi connectivity index (χ1n) is 27.6. The number of carbonyl (C=O) groups excluding carboxylic acids is 4. The van der Waals surface area contributed by atoms with E-state index >= 15 is 0 Å². The molecule has 3 aliphatic heterocycles. The van der Waals surface area contributed by atoms with E-state index in [2.05, 4.69) is 56.8 Å². The minimum atomic E-state index is -0.695. The van der Waals surface area contributed by atoms with Gasteiger partial charge in [0.05, 0.1) is 50.1 Å². The van der Waals surface area contributed by atoms with Gasteiger partial charge in [0.25, 0.3) is 0 Å². The summed E-state index contributed by atoms with van der Waals surface area (Å²) in [6.45, 7) is 10.6. The lowest BCUT2D eigenvalue weighted by atomic mass is 9.75. The zero-order valence-electron chi connectivity index (χ0n) is 44.2. The van der Waals surface area contributed by atoms with Crippen LogP contribution in [0.1, 0.15) is 151 Å². The summed E-state index contributed by atoms with van der Waals surface area (Å²) in [5.41, 5.74) is 13.4. The number of aromatic amines is 2. The summed E-state index contributed by atoms with van der Waals surface area (Å²) in [5.74, 6) is 1.55. The second-order valence-corrected chi connectivity index (χ2v) is 24.0. The molecule has 2 spiro atoms. The molecule has 5 heterocycles. The van der Waals surface area contributed by atoms with Crippen molar-refractivity contribution in [2.24, 2.45) is 28.6 Å². The van der Waals surface area contributed by atoms with Crippen LogP contribution in [0.25, 0.3) is 33.6 Å². The Labute approximate surface area is 430 Å². The first-order valence-corrected chi connectivity index (χ1v) is 27.6. The average molecular weight is 996 g/mol. The highest BCUT2D eigenvalue weighted by Crippen LogP contribution is 2.56. The van der Waals surface area contributed by atoms with Crippen LogP contribution in [0.2, 0.25) is 0 Å². The summed E-state index contributed by atoms with van der Waals surface area (Å²) >= 11 is 0. The van der Waals surface area contributed by atoms with Gasteiger partial charge in [-0.15, -0.1) is 0 Å². The van der Waals surface area contributed by atoms with Gasteiger partial charge in [-0.05, 0) is 172 Å². The number of hydrogen-bond donors (Lipinski definition) is 4. The van der Waals surface area contributed by atoms with Gasteiger partial charge < -0.3 is 44.8 Å². The van der Waals surface area contributed by atoms with Crippen LogP contribution in [0.4, 0.5) is 9.59 Å². The fourth-order valence-electron chi connectivity index (χ4n) is 14.9. The minimum absolute atomic E-state index is 0.0649. The second-order valence-electron chi connectivity index (χ2n) is 24.0. The predicted octanol–water partition coefficient (Wildman–Crippen LogP) is 9.47. The second kappa shape index (κ2) is 19.5. The van der Waals surface area contributed by atoms with E-state index in [1.165, 1.54) is 84.4 Å². The van der Waals surface area contributed by atoms with Crippen LogP contribution in [-0.2, 0) is 44.7 Å².